The highest BCUT2D eigenvalue weighted by molar-refractivity contribution is 5.87. The minimum atomic E-state index is -0.879. The Bertz CT molecular complexity index is 295. The molecule has 0 saturated heterocycles. The lowest BCUT2D eigenvalue weighted by molar-refractivity contribution is 0.0597. The van der Waals surface area contributed by atoms with Gasteiger partial charge in [-0.25, -0.2) is 4.79 Å². The molecule has 0 aliphatic rings. The van der Waals surface area contributed by atoms with Crippen molar-refractivity contribution in [3.63, 3.8) is 0 Å². The zero-order valence-corrected chi connectivity index (χ0v) is 9.50. The van der Waals surface area contributed by atoms with E-state index in [0.29, 0.717) is 5.56 Å². The summed E-state index contributed by atoms with van der Waals surface area (Å²) >= 11 is 0. The average Bonchev–Trinajstić information content (AvgIpc) is 2.29. The molecule has 1 aromatic carbocycles. The maximum absolute atomic E-state index is 10.2. The molecule has 0 heterocycles. The van der Waals surface area contributed by atoms with Crippen molar-refractivity contribution in [1.82, 2.24) is 0 Å². The van der Waals surface area contributed by atoms with E-state index in [2.05, 4.69) is 0 Å². The van der Waals surface area contributed by atoms with Gasteiger partial charge in [-0.3, -0.25) is 0 Å². The molecule has 3 N–H and O–H groups in total. The molecule has 1 aromatic rings. The summed E-state index contributed by atoms with van der Waals surface area (Å²) in [5.74, 6) is -0.708. The molecule has 0 aliphatic carbocycles. The second-order valence-corrected chi connectivity index (χ2v) is 3.67. The highest BCUT2D eigenvalue weighted by Gasteiger charge is 2.04. The summed E-state index contributed by atoms with van der Waals surface area (Å²) in [6.45, 7) is 3.60. The Kier molecular flexibility index (Phi) is 7.16. The Labute approximate surface area is 95.2 Å². The summed E-state index contributed by atoms with van der Waals surface area (Å²) < 4.78 is 0. The van der Waals surface area contributed by atoms with Gasteiger partial charge in [0.1, 0.15) is 0 Å². The van der Waals surface area contributed by atoms with Gasteiger partial charge in [0.2, 0.25) is 0 Å². The van der Waals surface area contributed by atoms with Gasteiger partial charge in [-0.2, -0.15) is 0 Å². The van der Waals surface area contributed by atoms with Crippen LogP contribution in [0.4, 0.5) is 0 Å². The lowest BCUT2D eigenvalue weighted by Gasteiger charge is -2.08. The molecule has 1 rings (SSSR count). The minimum Gasteiger partial charge on any atom is -0.478 e. The number of aliphatic hydroxyl groups excluding tert-OH is 2. The van der Waals surface area contributed by atoms with Crippen LogP contribution in [0.5, 0.6) is 0 Å². The molecule has 1 unspecified atom stereocenters. The van der Waals surface area contributed by atoms with Crippen molar-refractivity contribution in [3.05, 3.63) is 35.9 Å². The Morgan fingerprint density at radius 3 is 1.94 bits per heavy atom. The predicted octanol–water partition coefficient (Wildman–Crippen LogP) is 1.38. The number of hydrogen-bond donors (Lipinski definition) is 3. The van der Waals surface area contributed by atoms with Crippen molar-refractivity contribution in [2.45, 2.75) is 20.0 Å². The van der Waals surface area contributed by atoms with Crippen molar-refractivity contribution in [3.8, 4) is 0 Å². The Morgan fingerprint density at radius 1 is 1.25 bits per heavy atom. The number of aromatic carboxylic acids is 1. The molecule has 0 bridgehead atoms. The highest BCUT2D eigenvalue weighted by Crippen LogP contribution is 1.97. The molecule has 4 heteroatoms. The van der Waals surface area contributed by atoms with E-state index in [4.69, 9.17) is 15.3 Å². The van der Waals surface area contributed by atoms with Crippen LogP contribution in [0.25, 0.3) is 0 Å². The maximum atomic E-state index is 10.2. The lowest BCUT2D eigenvalue weighted by atomic mass is 10.1. The van der Waals surface area contributed by atoms with Gasteiger partial charge in [-0.05, 0) is 18.1 Å². The van der Waals surface area contributed by atoms with Gasteiger partial charge in [0.05, 0.1) is 18.3 Å². The van der Waals surface area contributed by atoms with Gasteiger partial charge in [-0.1, -0.05) is 32.0 Å². The molecular formula is C12H18O4. The second kappa shape index (κ2) is 7.84. The van der Waals surface area contributed by atoms with Gasteiger partial charge in [-0.15, -0.1) is 0 Å². The fraction of sp³-hybridized carbons (Fsp3) is 0.417. The van der Waals surface area contributed by atoms with Crippen LogP contribution in [0.2, 0.25) is 0 Å². The fourth-order valence-corrected chi connectivity index (χ4v) is 0.792. The van der Waals surface area contributed by atoms with Crippen molar-refractivity contribution in [2.24, 2.45) is 5.92 Å². The van der Waals surface area contributed by atoms with Crippen LogP contribution in [-0.2, 0) is 0 Å². The summed E-state index contributed by atoms with van der Waals surface area (Å²) in [7, 11) is 0. The SMILES string of the molecule is CC(C)C(O)CO.O=C(O)c1ccccc1. The number of carboxylic acid groups (broad SMARTS) is 1. The molecule has 0 fully saturated rings. The molecule has 0 aliphatic heterocycles. The van der Waals surface area contributed by atoms with E-state index in [0.717, 1.165) is 0 Å². The Morgan fingerprint density at radius 2 is 1.75 bits per heavy atom. The molecule has 0 aromatic heterocycles. The van der Waals surface area contributed by atoms with Crippen molar-refractivity contribution in [2.75, 3.05) is 6.61 Å². The van der Waals surface area contributed by atoms with Gasteiger partial charge in [0.25, 0.3) is 0 Å². The third-order valence-corrected chi connectivity index (χ3v) is 1.98. The first-order chi connectivity index (χ1) is 7.49. The van der Waals surface area contributed by atoms with Crippen LogP contribution in [0.3, 0.4) is 0 Å². The quantitative estimate of drug-likeness (QED) is 0.727. The summed E-state index contributed by atoms with van der Waals surface area (Å²) in [6, 6.07) is 8.30. The second-order valence-electron chi connectivity index (χ2n) is 3.67. The average molecular weight is 226 g/mol. The van der Waals surface area contributed by atoms with Gasteiger partial charge in [0, 0.05) is 0 Å². The summed E-state index contributed by atoms with van der Waals surface area (Å²) in [6.07, 6.45) is -0.542. The Hall–Kier alpha value is -1.39. The predicted molar refractivity (Wildman–Crippen MR) is 61.3 cm³/mol. The fourth-order valence-electron chi connectivity index (χ4n) is 0.792. The van der Waals surface area contributed by atoms with Crippen LogP contribution in [0.15, 0.2) is 30.3 Å². The van der Waals surface area contributed by atoms with E-state index in [-0.39, 0.29) is 12.5 Å². The van der Waals surface area contributed by atoms with E-state index in [9.17, 15) is 4.79 Å². The monoisotopic (exact) mass is 226 g/mol. The molecule has 0 radical (unpaired) electrons. The topological polar surface area (TPSA) is 77.8 Å². The molecule has 0 amide bonds. The first-order valence-corrected chi connectivity index (χ1v) is 5.06. The first kappa shape index (κ1) is 14.6. The third kappa shape index (κ3) is 6.16. The van der Waals surface area contributed by atoms with Crippen LogP contribution in [0.1, 0.15) is 24.2 Å². The molecular weight excluding hydrogens is 208 g/mol. The van der Waals surface area contributed by atoms with Crippen molar-refractivity contribution in [1.29, 1.82) is 0 Å². The van der Waals surface area contributed by atoms with Crippen LogP contribution in [0, 0.1) is 5.92 Å². The summed E-state index contributed by atoms with van der Waals surface area (Å²) in [5, 5.41) is 25.3. The molecule has 1 atom stereocenters. The number of aliphatic hydroxyl groups is 2. The van der Waals surface area contributed by atoms with E-state index in [1.807, 2.05) is 13.8 Å². The van der Waals surface area contributed by atoms with Crippen molar-refractivity contribution >= 4 is 5.97 Å². The van der Waals surface area contributed by atoms with Gasteiger partial charge >= 0.3 is 5.97 Å². The minimum absolute atomic E-state index is 0.127. The van der Waals surface area contributed by atoms with Gasteiger partial charge < -0.3 is 15.3 Å². The first-order valence-electron chi connectivity index (χ1n) is 5.06. The number of hydrogen-bond acceptors (Lipinski definition) is 3. The largest absolute Gasteiger partial charge is 0.478 e. The van der Waals surface area contributed by atoms with Crippen LogP contribution >= 0.6 is 0 Å². The molecule has 16 heavy (non-hydrogen) atoms. The zero-order chi connectivity index (χ0) is 12.6. The number of benzene rings is 1. The standard InChI is InChI=1S/C7H6O2.C5H12O2/c8-7(9)6-4-2-1-3-5-6;1-4(2)5(7)3-6/h1-5H,(H,8,9);4-7H,3H2,1-2H3. The van der Waals surface area contributed by atoms with Crippen LogP contribution in [-0.4, -0.2) is 34.0 Å². The van der Waals surface area contributed by atoms with E-state index in [1.165, 1.54) is 0 Å². The maximum Gasteiger partial charge on any atom is 0.335 e. The Balaban J connectivity index is 0.000000293. The lowest BCUT2D eigenvalue weighted by Crippen LogP contribution is -2.18. The molecule has 0 spiro atoms. The molecule has 0 saturated carbocycles. The van der Waals surface area contributed by atoms with Crippen LogP contribution < -0.4 is 0 Å². The molecule has 90 valence electrons. The smallest absolute Gasteiger partial charge is 0.335 e. The van der Waals surface area contributed by atoms with E-state index >= 15 is 0 Å². The number of rotatable bonds is 3. The number of carboxylic acids is 1. The zero-order valence-electron chi connectivity index (χ0n) is 9.50. The van der Waals surface area contributed by atoms with E-state index < -0.39 is 12.1 Å². The third-order valence-electron chi connectivity index (χ3n) is 1.98. The van der Waals surface area contributed by atoms with E-state index in [1.54, 1.807) is 30.3 Å². The normalized spacial score (nSPS) is 11.6. The summed E-state index contributed by atoms with van der Waals surface area (Å²) in [5.41, 5.74) is 0.331. The van der Waals surface area contributed by atoms with Crippen molar-refractivity contribution < 1.29 is 20.1 Å². The van der Waals surface area contributed by atoms with Gasteiger partial charge in [0.15, 0.2) is 0 Å². The molecule has 4 nitrogen and oxygen atoms in total. The highest BCUT2D eigenvalue weighted by atomic mass is 16.4. The number of carbonyl (C=O) groups is 1. The summed E-state index contributed by atoms with van der Waals surface area (Å²) in [4.78, 5) is 10.2.